The van der Waals surface area contributed by atoms with Crippen molar-refractivity contribution in [2.24, 2.45) is 0 Å². The highest BCUT2D eigenvalue weighted by Crippen LogP contribution is 2.48. The van der Waals surface area contributed by atoms with Gasteiger partial charge in [0.1, 0.15) is 5.82 Å². The lowest BCUT2D eigenvalue weighted by Crippen LogP contribution is -2.39. The maximum absolute atomic E-state index is 13.5. The van der Waals surface area contributed by atoms with E-state index in [1.165, 1.54) is 6.07 Å². The normalized spacial score (nSPS) is 14.6. The van der Waals surface area contributed by atoms with Crippen LogP contribution in [0.25, 0.3) is 0 Å². The van der Waals surface area contributed by atoms with Gasteiger partial charge in [-0.1, -0.05) is 29.8 Å². The first-order chi connectivity index (χ1) is 12.4. The van der Waals surface area contributed by atoms with Crippen LogP contribution >= 0.6 is 11.6 Å². The summed E-state index contributed by atoms with van der Waals surface area (Å²) in [4.78, 5) is 24.5. The zero-order chi connectivity index (χ0) is 18.7. The molecule has 2 aromatic carbocycles. The second-order valence-corrected chi connectivity index (χ2v) is 7.00. The van der Waals surface area contributed by atoms with Gasteiger partial charge in [-0.25, -0.2) is 4.39 Å². The molecule has 1 saturated carbocycles. The van der Waals surface area contributed by atoms with Crippen LogP contribution in [0.15, 0.2) is 42.5 Å². The van der Waals surface area contributed by atoms with Crippen molar-refractivity contribution in [2.45, 2.75) is 25.2 Å². The van der Waals surface area contributed by atoms with E-state index in [4.69, 9.17) is 11.6 Å². The molecule has 0 atom stereocenters. The van der Waals surface area contributed by atoms with Crippen molar-refractivity contribution in [2.75, 3.05) is 13.1 Å². The number of halogens is 2. The van der Waals surface area contributed by atoms with Crippen LogP contribution in [0.5, 0.6) is 0 Å². The predicted octanol–water partition coefficient (Wildman–Crippen LogP) is 3.37. The SMILES string of the molecule is Cc1ccc(C(=O)NCCNC(=O)C2(c3cccc(Cl)c3)CC2)cc1F. The first-order valence-electron chi connectivity index (χ1n) is 8.51. The molecule has 0 aromatic heterocycles. The molecule has 0 unspecified atom stereocenters. The number of hydrogen-bond donors (Lipinski definition) is 2. The lowest BCUT2D eigenvalue weighted by molar-refractivity contribution is -0.123. The number of nitrogens with one attached hydrogen (secondary N) is 2. The summed E-state index contributed by atoms with van der Waals surface area (Å²) in [7, 11) is 0. The number of rotatable bonds is 6. The van der Waals surface area contributed by atoms with Gasteiger partial charge in [-0.3, -0.25) is 9.59 Å². The predicted molar refractivity (Wildman–Crippen MR) is 98.8 cm³/mol. The second-order valence-electron chi connectivity index (χ2n) is 6.57. The first-order valence-corrected chi connectivity index (χ1v) is 8.89. The summed E-state index contributed by atoms with van der Waals surface area (Å²) in [5, 5.41) is 6.15. The van der Waals surface area contributed by atoms with Gasteiger partial charge < -0.3 is 10.6 Å². The van der Waals surface area contributed by atoms with E-state index in [9.17, 15) is 14.0 Å². The number of benzene rings is 2. The third kappa shape index (κ3) is 3.88. The summed E-state index contributed by atoms with van der Waals surface area (Å²) in [6.45, 7) is 2.22. The highest BCUT2D eigenvalue weighted by Gasteiger charge is 2.51. The van der Waals surface area contributed by atoms with Gasteiger partial charge in [-0.05, 0) is 55.2 Å². The molecule has 6 heteroatoms. The Morgan fingerprint density at radius 1 is 1.12 bits per heavy atom. The van der Waals surface area contributed by atoms with Gasteiger partial charge in [0.05, 0.1) is 5.41 Å². The van der Waals surface area contributed by atoms with Gasteiger partial charge in [0, 0.05) is 23.7 Å². The fourth-order valence-corrected chi connectivity index (χ4v) is 3.11. The van der Waals surface area contributed by atoms with E-state index in [0.29, 0.717) is 17.1 Å². The van der Waals surface area contributed by atoms with E-state index < -0.39 is 11.2 Å². The maximum atomic E-state index is 13.5. The molecule has 0 spiro atoms. The number of amides is 2. The summed E-state index contributed by atoms with van der Waals surface area (Å²) in [6, 6.07) is 11.7. The smallest absolute Gasteiger partial charge is 0.251 e. The van der Waals surface area contributed by atoms with Crippen molar-refractivity contribution in [1.29, 1.82) is 0 Å². The molecule has 1 fully saturated rings. The highest BCUT2D eigenvalue weighted by molar-refractivity contribution is 6.30. The van der Waals surface area contributed by atoms with Crippen molar-refractivity contribution in [1.82, 2.24) is 10.6 Å². The Labute approximate surface area is 156 Å². The lowest BCUT2D eigenvalue weighted by atomic mass is 9.95. The Morgan fingerprint density at radius 3 is 2.50 bits per heavy atom. The fraction of sp³-hybridized carbons (Fsp3) is 0.300. The maximum Gasteiger partial charge on any atom is 0.251 e. The summed E-state index contributed by atoms with van der Waals surface area (Å²) < 4.78 is 13.5. The Balaban J connectivity index is 1.50. The number of carbonyl (C=O) groups is 2. The van der Waals surface area contributed by atoms with Crippen LogP contribution < -0.4 is 10.6 Å². The molecule has 4 nitrogen and oxygen atoms in total. The minimum Gasteiger partial charge on any atom is -0.354 e. The van der Waals surface area contributed by atoms with Crippen LogP contribution in [0.4, 0.5) is 4.39 Å². The third-order valence-corrected chi connectivity index (χ3v) is 4.93. The Hall–Kier alpha value is -2.40. The second kappa shape index (κ2) is 7.46. The minimum absolute atomic E-state index is 0.0598. The highest BCUT2D eigenvalue weighted by atomic mass is 35.5. The monoisotopic (exact) mass is 374 g/mol. The van der Waals surface area contributed by atoms with Crippen LogP contribution in [0.1, 0.15) is 34.3 Å². The van der Waals surface area contributed by atoms with Crippen molar-refractivity contribution < 1.29 is 14.0 Å². The molecule has 2 N–H and O–H groups in total. The van der Waals surface area contributed by atoms with Crippen LogP contribution in [0.2, 0.25) is 5.02 Å². The molecular formula is C20H20ClFN2O2. The van der Waals surface area contributed by atoms with Gasteiger partial charge >= 0.3 is 0 Å². The fourth-order valence-electron chi connectivity index (χ4n) is 2.92. The van der Waals surface area contributed by atoms with Gasteiger partial charge in [-0.2, -0.15) is 0 Å². The topological polar surface area (TPSA) is 58.2 Å². The average molecular weight is 375 g/mol. The van der Waals surface area contributed by atoms with E-state index in [1.807, 2.05) is 18.2 Å². The van der Waals surface area contributed by atoms with E-state index in [-0.39, 0.29) is 23.9 Å². The van der Waals surface area contributed by atoms with E-state index >= 15 is 0 Å². The number of hydrogen-bond acceptors (Lipinski definition) is 2. The van der Waals surface area contributed by atoms with E-state index in [0.717, 1.165) is 18.4 Å². The molecule has 1 aliphatic rings. The molecule has 0 radical (unpaired) electrons. The van der Waals surface area contributed by atoms with Crippen molar-refractivity contribution in [3.05, 3.63) is 70.0 Å². The van der Waals surface area contributed by atoms with E-state index in [1.54, 1.807) is 25.1 Å². The van der Waals surface area contributed by atoms with Gasteiger partial charge in [0.25, 0.3) is 5.91 Å². The Kier molecular flexibility index (Phi) is 5.28. The van der Waals surface area contributed by atoms with Crippen LogP contribution in [-0.2, 0) is 10.2 Å². The molecule has 0 bridgehead atoms. The minimum atomic E-state index is -0.505. The average Bonchev–Trinajstić information content (AvgIpc) is 3.42. The standard InChI is InChI=1S/C20H20ClFN2O2/c1-13-5-6-14(11-17(13)22)18(25)23-9-10-24-19(26)20(7-8-20)15-3-2-4-16(21)12-15/h2-6,11-12H,7-10H2,1H3,(H,23,25)(H,24,26). The summed E-state index contributed by atoms with van der Waals surface area (Å²) >= 11 is 6.02. The van der Waals surface area contributed by atoms with Gasteiger partial charge in [-0.15, -0.1) is 0 Å². The molecule has 26 heavy (non-hydrogen) atoms. The van der Waals surface area contributed by atoms with Crippen LogP contribution in [0, 0.1) is 12.7 Å². The van der Waals surface area contributed by atoms with Gasteiger partial charge in [0.2, 0.25) is 5.91 Å². The quantitative estimate of drug-likeness (QED) is 0.762. The molecule has 0 saturated heterocycles. The third-order valence-electron chi connectivity index (χ3n) is 4.69. The lowest BCUT2D eigenvalue weighted by Gasteiger charge is -2.16. The molecule has 3 rings (SSSR count). The van der Waals surface area contributed by atoms with Crippen molar-refractivity contribution in [3.8, 4) is 0 Å². The van der Waals surface area contributed by atoms with E-state index in [2.05, 4.69) is 10.6 Å². The number of aryl methyl sites for hydroxylation is 1. The molecule has 0 aliphatic heterocycles. The van der Waals surface area contributed by atoms with Crippen molar-refractivity contribution >= 4 is 23.4 Å². The molecule has 0 heterocycles. The largest absolute Gasteiger partial charge is 0.354 e. The van der Waals surface area contributed by atoms with Crippen LogP contribution in [0.3, 0.4) is 0 Å². The Morgan fingerprint density at radius 2 is 1.85 bits per heavy atom. The zero-order valence-electron chi connectivity index (χ0n) is 14.4. The van der Waals surface area contributed by atoms with Crippen molar-refractivity contribution in [3.63, 3.8) is 0 Å². The first kappa shape index (κ1) is 18.4. The zero-order valence-corrected chi connectivity index (χ0v) is 15.2. The van der Waals surface area contributed by atoms with Crippen LogP contribution in [-0.4, -0.2) is 24.9 Å². The summed E-state index contributed by atoms with van der Waals surface area (Å²) in [5.41, 5.74) is 1.16. The molecular weight excluding hydrogens is 355 g/mol. The number of carbonyl (C=O) groups excluding carboxylic acids is 2. The van der Waals surface area contributed by atoms with Gasteiger partial charge in [0.15, 0.2) is 0 Å². The Bertz CT molecular complexity index is 849. The molecule has 2 amide bonds. The molecule has 1 aliphatic carbocycles. The molecule has 2 aromatic rings. The summed E-state index contributed by atoms with van der Waals surface area (Å²) in [6.07, 6.45) is 1.57. The molecule has 136 valence electrons. The summed E-state index contributed by atoms with van der Waals surface area (Å²) in [5.74, 6) is -0.840.